The van der Waals surface area contributed by atoms with E-state index in [9.17, 15) is 20.0 Å². The van der Waals surface area contributed by atoms with Gasteiger partial charge in [0, 0.05) is 30.7 Å². The number of aliphatic carboxylic acids is 1. The van der Waals surface area contributed by atoms with E-state index in [1.165, 1.54) is 12.1 Å². The number of rotatable bonds is 9. The lowest BCUT2D eigenvalue weighted by molar-refractivity contribution is -0.384. The average Bonchev–Trinajstić information content (AvgIpc) is 2.92. The number of benzene rings is 1. The van der Waals surface area contributed by atoms with Crippen LogP contribution in [0.25, 0.3) is 6.08 Å². The van der Waals surface area contributed by atoms with Crippen LogP contribution in [0.2, 0.25) is 5.15 Å². The fraction of sp³-hybridized carbons (Fsp3) is 0.368. The number of carboxylic acid groups (broad SMARTS) is 1. The maximum Gasteiger partial charge on any atom is 0.331 e. The molecule has 1 N–H and O–H groups in total. The normalized spacial score (nSPS) is 11.6. The lowest BCUT2D eigenvalue weighted by atomic mass is 10.1. The second-order valence-corrected chi connectivity index (χ2v) is 6.50. The molecule has 0 saturated heterocycles. The van der Waals surface area contributed by atoms with Gasteiger partial charge in [-0.15, -0.1) is 0 Å². The van der Waals surface area contributed by atoms with Crippen LogP contribution in [-0.2, 0) is 17.8 Å². The monoisotopic (exact) mass is 391 g/mol. The Balaban J connectivity index is 2.47. The predicted molar refractivity (Wildman–Crippen MR) is 104 cm³/mol. The number of aryl methyl sites for hydroxylation is 1. The first-order valence-electron chi connectivity index (χ1n) is 8.79. The average molecular weight is 392 g/mol. The Hall–Kier alpha value is -2.67. The van der Waals surface area contributed by atoms with Crippen LogP contribution >= 0.6 is 11.6 Å². The molecule has 27 heavy (non-hydrogen) atoms. The van der Waals surface area contributed by atoms with Gasteiger partial charge in [0.1, 0.15) is 5.82 Å². The summed E-state index contributed by atoms with van der Waals surface area (Å²) in [4.78, 5) is 26.2. The van der Waals surface area contributed by atoms with Crippen LogP contribution in [0.1, 0.15) is 50.2 Å². The number of nitrogens with zero attached hydrogens (tertiary/aromatic N) is 3. The number of carboxylic acids is 1. The molecule has 144 valence electrons. The number of hydrogen-bond acceptors (Lipinski definition) is 4. The van der Waals surface area contributed by atoms with Crippen LogP contribution < -0.4 is 0 Å². The lowest BCUT2D eigenvalue weighted by Crippen LogP contribution is -2.08. The summed E-state index contributed by atoms with van der Waals surface area (Å²) in [6, 6.07) is 6.26. The van der Waals surface area contributed by atoms with E-state index in [1.54, 1.807) is 25.1 Å². The van der Waals surface area contributed by atoms with E-state index in [0.29, 0.717) is 25.1 Å². The van der Waals surface area contributed by atoms with Crippen LogP contribution in [0.15, 0.2) is 29.8 Å². The smallest absolute Gasteiger partial charge is 0.331 e. The number of nitro benzene ring substituents is 1. The molecule has 8 heteroatoms. The van der Waals surface area contributed by atoms with Gasteiger partial charge < -0.3 is 9.67 Å². The minimum absolute atomic E-state index is 0.0212. The molecule has 7 nitrogen and oxygen atoms in total. The SMILES string of the molecule is CCCCc1nc(Cl)c(C=C(CC)C(=O)O)n1Cc1ccc([N+](=O)[O-])cc1. The molecule has 0 atom stereocenters. The van der Waals surface area contributed by atoms with Gasteiger partial charge in [0.05, 0.1) is 10.6 Å². The molecular weight excluding hydrogens is 370 g/mol. The van der Waals surface area contributed by atoms with Crippen molar-refractivity contribution in [2.75, 3.05) is 0 Å². The molecule has 0 bridgehead atoms. The van der Waals surface area contributed by atoms with Crippen LogP contribution in [0.3, 0.4) is 0 Å². The van der Waals surface area contributed by atoms with Gasteiger partial charge in [0.2, 0.25) is 0 Å². The van der Waals surface area contributed by atoms with Crippen molar-refractivity contribution in [2.24, 2.45) is 0 Å². The predicted octanol–water partition coefficient (Wildman–Crippen LogP) is 4.71. The summed E-state index contributed by atoms with van der Waals surface area (Å²) in [7, 11) is 0. The van der Waals surface area contributed by atoms with Crippen LogP contribution in [-0.4, -0.2) is 25.6 Å². The van der Waals surface area contributed by atoms with Crippen molar-refractivity contribution in [3.05, 3.63) is 62.2 Å². The molecule has 1 heterocycles. The Morgan fingerprint density at radius 2 is 2.00 bits per heavy atom. The van der Waals surface area contributed by atoms with Crippen LogP contribution in [0.4, 0.5) is 5.69 Å². The Labute approximate surface area is 162 Å². The Morgan fingerprint density at radius 3 is 2.52 bits per heavy atom. The Bertz CT molecular complexity index is 857. The first kappa shape index (κ1) is 20.6. The van der Waals surface area contributed by atoms with E-state index in [0.717, 1.165) is 24.2 Å². The summed E-state index contributed by atoms with van der Waals surface area (Å²) in [5.41, 5.74) is 1.65. The molecular formula is C19H22ClN3O4. The first-order chi connectivity index (χ1) is 12.9. The molecule has 0 amide bonds. The van der Waals surface area contributed by atoms with Crippen molar-refractivity contribution in [3.8, 4) is 0 Å². The summed E-state index contributed by atoms with van der Waals surface area (Å²) in [6.07, 6.45) is 4.54. The molecule has 0 radical (unpaired) electrons. The minimum Gasteiger partial charge on any atom is -0.478 e. The zero-order valence-electron chi connectivity index (χ0n) is 15.3. The highest BCUT2D eigenvalue weighted by Crippen LogP contribution is 2.24. The second kappa shape index (κ2) is 9.32. The molecule has 0 saturated carbocycles. The molecule has 0 spiro atoms. The van der Waals surface area contributed by atoms with Gasteiger partial charge in [-0.1, -0.05) is 44.0 Å². The third-order valence-corrected chi connectivity index (χ3v) is 4.53. The lowest BCUT2D eigenvalue weighted by Gasteiger charge is -2.11. The third-order valence-electron chi connectivity index (χ3n) is 4.25. The summed E-state index contributed by atoms with van der Waals surface area (Å²) in [6.45, 7) is 4.24. The molecule has 0 aliphatic carbocycles. The van der Waals surface area contributed by atoms with Gasteiger partial charge in [0.25, 0.3) is 5.69 Å². The number of non-ortho nitro benzene ring substituents is 1. The zero-order valence-corrected chi connectivity index (χ0v) is 16.1. The molecule has 0 aliphatic heterocycles. The van der Waals surface area contributed by atoms with Crippen LogP contribution in [0, 0.1) is 10.1 Å². The second-order valence-electron chi connectivity index (χ2n) is 6.15. The largest absolute Gasteiger partial charge is 0.478 e. The molecule has 0 fully saturated rings. The van der Waals surface area contributed by atoms with Crippen molar-refractivity contribution in [1.82, 2.24) is 9.55 Å². The van der Waals surface area contributed by atoms with Crippen LogP contribution in [0.5, 0.6) is 0 Å². The number of hydrogen-bond donors (Lipinski definition) is 1. The standard InChI is InChI=1S/C19H22ClN3O4/c1-3-5-6-17-21-18(20)16(11-14(4-2)19(24)25)22(17)12-13-7-9-15(10-8-13)23(26)27/h7-11H,3-6,12H2,1-2H3,(H,24,25). The maximum atomic E-state index is 11.4. The Morgan fingerprint density at radius 1 is 1.33 bits per heavy atom. The molecule has 2 rings (SSSR count). The van der Waals surface area contributed by atoms with Gasteiger partial charge in [0.15, 0.2) is 5.15 Å². The van der Waals surface area contributed by atoms with E-state index in [4.69, 9.17) is 11.6 Å². The first-order valence-corrected chi connectivity index (χ1v) is 9.17. The molecule has 0 aliphatic rings. The number of unbranched alkanes of at least 4 members (excludes halogenated alkanes) is 1. The van der Waals surface area contributed by atoms with Crippen molar-refractivity contribution < 1.29 is 14.8 Å². The van der Waals surface area contributed by atoms with E-state index < -0.39 is 10.9 Å². The highest BCUT2D eigenvalue weighted by molar-refractivity contribution is 6.30. The van der Waals surface area contributed by atoms with Crippen molar-refractivity contribution in [1.29, 1.82) is 0 Å². The summed E-state index contributed by atoms with van der Waals surface area (Å²) in [5.74, 6) is -0.223. The minimum atomic E-state index is -0.994. The van der Waals surface area contributed by atoms with Gasteiger partial charge in [-0.25, -0.2) is 9.78 Å². The van der Waals surface area contributed by atoms with Gasteiger partial charge in [-0.3, -0.25) is 10.1 Å². The van der Waals surface area contributed by atoms with E-state index in [1.807, 2.05) is 4.57 Å². The summed E-state index contributed by atoms with van der Waals surface area (Å²) in [5, 5.41) is 20.4. The third kappa shape index (κ3) is 5.17. The summed E-state index contributed by atoms with van der Waals surface area (Å²) < 4.78 is 1.89. The quantitative estimate of drug-likeness (QED) is 0.379. The number of carbonyl (C=O) groups is 1. The number of halogens is 1. The highest BCUT2D eigenvalue weighted by atomic mass is 35.5. The number of nitro groups is 1. The van der Waals surface area contributed by atoms with Crippen molar-refractivity contribution in [3.63, 3.8) is 0 Å². The highest BCUT2D eigenvalue weighted by Gasteiger charge is 2.17. The van der Waals surface area contributed by atoms with E-state index >= 15 is 0 Å². The van der Waals surface area contributed by atoms with E-state index in [2.05, 4.69) is 11.9 Å². The number of aromatic nitrogens is 2. The summed E-state index contributed by atoms with van der Waals surface area (Å²) >= 11 is 6.31. The number of imidazole rings is 1. The topological polar surface area (TPSA) is 98.3 Å². The zero-order chi connectivity index (χ0) is 20.0. The van der Waals surface area contributed by atoms with Crippen molar-refractivity contribution >= 4 is 29.3 Å². The Kier molecular flexibility index (Phi) is 7.12. The molecule has 0 unspecified atom stereocenters. The van der Waals surface area contributed by atoms with Gasteiger partial charge in [-0.2, -0.15) is 0 Å². The van der Waals surface area contributed by atoms with Gasteiger partial charge >= 0.3 is 5.97 Å². The fourth-order valence-corrected chi connectivity index (χ4v) is 2.96. The molecule has 2 aromatic rings. The van der Waals surface area contributed by atoms with E-state index in [-0.39, 0.29) is 16.4 Å². The molecule has 1 aromatic heterocycles. The van der Waals surface area contributed by atoms with Crippen molar-refractivity contribution in [2.45, 2.75) is 46.1 Å². The maximum absolute atomic E-state index is 11.4. The van der Waals surface area contributed by atoms with Gasteiger partial charge in [-0.05, 0) is 24.5 Å². The fourth-order valence-electron chi connectivity index (χ4n) is 2.71. The molecule has 1 aromatic carbocycles.